The van der Waals surface area contributed by atoms with E-state index in [4.69, 9.17) is 4.74 Å². The Bertz CT molecular complexity index is 260. The third kappa shape index (κ3) is 7.42. The molecule has 6 heteroatoms. The summed E-state index contributed by atoms with van der Waals surface area (Å²) in [5.74, 6) is 1.24. The van der Waals surface area contributed by atoms with Gasteiger partial charge in [-0.25, -0.2) is 4.79 Å². The molecule has 0 aliphatic carbocycles. The van der Waals surface area contributed by atoms with Crippen LogP contribution >= 0.6 is 11.8 Å². The summed E-state index contributed by atoms with van der Waals surface area (Å²) in [6, 6.07) is 0. The Morgan fingerprint density at radius 3 is 2.28 bits per heavy atom. The summed E-state index contributed by atoms with van der Waals surface area (Å²) < 4.78 is 4.71. The van der Waals surface area contributed by atoms with Gasteiger partial charge >= 0.3 is 6.09 Å². The molecule has 0 bridgehead atoms. The number of thioether (sulfide) groups is 1. The molecule has 0 spiro atoms. The van der Waals surface area contributed by atoms with E-state index in [-0.39, 0.29) is 11.2 Å². The predicted molar refractivity (Wildman–Crippen MR) is 74.8 cm³/mol. The molecular weight excluding hydrogens is 252 g/mol. The van der Waals surface area contributed by atoms with Crippen molar-refractivity contribution in [2.24, 2.45) is 5.92 Å². The van der Waals surface area contributed by atoms with Crippen molar-refractivity contribution in [2.45, 2.75) is 32.9 Å². The Kier molecular flexibility index (Phi) is 9.55. The number of carbonyl (C=O) groups is 2. The fourth-order valence-electron chi connectivity index (χ4n) is 1.38. The van der Waals surface area contributed by atoms with Crippen molar-refractivity contribution < 1.29 is 14.3 Å². The number of nitrogens with one attached hydrogen (secondary N) is 2. The van der Waals surface area contributed by atoms with Crippen LogP contribution in [0.5, 0.6) is 0 Å². The molecule has 1 atom stereocenters. The minimum Gasteiger partial charge on any atom is -0.450 e. The van der Waals surface area contributed by atoms with E-state index in [9.17, 15) is 9.59 Å². The van der Waals surface area contributed by atoms with Crippen molar-refractivity contribution >= 4 is 23.8 Å². The molecule has 0 rings (SSSR count). The maximum absolute atomic E-state index is 11.9. The first-order valence-electron chi connectivity index (χ1n) is 6.32. The van der Waals surface area contributed by atoms with Crippen molar-refractivity contribution in [1.82, 2.24) is 10.6 Å². The highest BCUT2D eigenvalue weighted by Gasteiger charge is 2.21. The van der Waals surface area contributed by atoms with Crippen LogP contribution < -0.4 is 10.6 Å². The van der Waals surface area contributed by atoms with Crippen molar-refractivity contribution in [3.8, 4) is 0 Å². The van der Waals surface area contributed by atoms with Crippen LogP contribution in [-0.4, -0.2) is 42.7 Å². The quantitative estimate of drug-likeness (QED) is 0.661. The van der Waals surface area contributed by atoms with Crippen LogP contribution in [0.3, 0.4) is 0 Å². The third-order valence-corrected chi connectivity index (χ3v) is 3.63. The molecule has 0 aromatic rings. The van der Waals surface area contributed by atoms with Crippen LogP contribution in [-0.2, 0) is 9.53 Å². The molecule has 0 aromatic heterocycles. The lowest BCUT2D eigenvalue weighted by Crippen LogP contribution is -2.40. The first-order valence-corrected chi connectivity index (χ1v) is 7.37. The lowest BCUT2D eigenvalue weighted by Gasteiger charge is -2.19. The maximum Gasteiger partial charge on any atom is 0.407 e. The second-order valence-electron chi connectivity index (χ2n) is 4.06. The maximum atomic E-state index is 11.9. The number of alkyl carbamates (subject to hydrolysis) is 1. The molecule has 0 radical (unpaired) electrons. The van der Waals surface area contributed by atoms with Crippen LogP contribution in [0.25, 0.3) is 0 Å². The second-order valence-corrected chi connectivity index (χ2v) is 5.48. The average Bonchev–Trinajstić information content (AvgIpc) is 2.31. The molecule has 1 unspecified atom stereocenters. The average molecular weight is 276 g/mol. The highest BCUT2D eigenvalue weighted by Crippen LogP contribution is 2.18. The standard InChI is InChI=1S/C12H24N2O3S/c1-5-17-12(16)14-8-7-13-11(15)10(9(3)4)18-6-2/h9-10H,5-8H2,1-4H3,(H,13,15)(H,14,16). The normalized spacial score (nSPS) is 12.1. The zero-order chi connectivity index (χ0) is 14.0. The molecule has 0 saturated carbocycles. The zero-order valence-electron chi connectivity index (χ0n) is 11.6. The number of hydrogen-bond donors (Lipinski definition) is 2. The lowest BCUT2D eigenvalue weighted by atomic mass is 10.1. The van der Waals surface area contributed by atoms with Crippen molar-refractivity contribution in [2.75, 3.05) is 25.4 Å². The first kappa shape index (κ1) is 17.1. The number of carbonyl (C=O) groups excluding carboxylic acids is 2. The van der Waals surface area contributed by atoms with Crippen LogP contribution in [0.1, 0.15) is 27.7 Å². The van der Waals surface area contributed by atoms with E-state index < -0.39 is 6.09 Å². The summed E-state index contributed by atoms with van der Waals surface area (Å²) in [7, 11) is 0. The first-order chi connectivity index (χ1) is 8.52. The highest BCUT2D eigenvalue weighted by molar-refractivity contribution is 8.00. The van der Waals surface area contributed by atoms with E-state index in [0.29, 0.717) is 25.6 Å². The summed E-state index contributed by atoms with van der Waals surface area (Å²) in [5, 5.41) is 5.34. The molecule has 0 saturated heterocycles. The summed E-state index contributed by atoms with van der Waals surface area (Å²) in [6.07, 6.45) is -0.449. The molecule has 5 nitrogen and oxygen atoms in total. The van der Waals surface area contributed by atoms with Crippen LogP contribution in [0.2, 0.25) is 0 Å². The van der Waals surface area contributed by atoms with Gasteiger partial charge in [-0.05, 0) is 18.6 Å². The third-order valence-electron chi connectivity index (χ3n) is 2.18. The van der Waals surface area contributed by atoms with Crippen LogP contribution in [0, 0.1) is 5.92 Å². The van der Waals surface area contributed by atoms with E-state index in [1.807, 2.05) is 20.8 Å². The molecule has 0 heterocycles. The predicted octanol–water partition coefficient (Wildman–Crippen LogP) is 1.63. The SMILES string of the molecule is CCOC(=O)NCCNC(=O)C(SCC)C(C)C. The molecule has 0 aliphatic rings. The minimum atomic E-state index is -0.449. The van der Waals surface area contributed by atoms with Gasteiger partial charge in [-0.2, -0.15) is 0 Å². The number of amides is 2. The van der Waals surface area contributed by atoms with Gasteiger partial charge in [0.15, 0.2) is 0 Å². The summed E-state index contributed by atoms with van der Waals surface area (Å²) in [5.41, 5.74) is 0. The van der Waals surface area contributed by atoms with Gasteiger partial charge in [-0.3, -0.25) is 4.79 Å². The Hall–Kier alpha value is -0.910. The van der Waals surface area contributed by atoms with Crippen LogP contribution in [0.15, 0.2) is 0 Å². The largest absolute Gasteiger partial charge is 0.450 e. The van der Waals surface area contributed by atoms with Gasteiger partial charge in [0.2, 0.25) is 5.91 Å². The summed E-state index contributed by atoms with van der Waals surface area (Å²) >= 11 is 1.64. The molecule has 2 amide bonds. The monoisotopic (exact) mass is 276 g/mol. The van der Waals surface area contributed by atoms with E-state index >= 15 is 0 Å². The molecule has 0 aliphatic heterocycles. The van der Waals surface area contributed by atoms with Crippen LogP contribution in [0.4, 0.5) is 4.79 Å². The fraction of sp³-hybridized carbons (Fsp3) is 0.833. The van der Waals surface area contributed by atoms with Gasteiger partial charge in [0.05, 0.1) is 11.9 Å². The zero-order valence-corrected chi connectivity index (χ0v) is 12.4. The molecular formula is C12H24N2O3S. The molecule has 2 N–H and O–H groups in total. The molecule has 106 valence electrons. The second kappa shape index (κ2) is 10.1. The van der Waals surface area contributed by atoms with Gasteiger partial charge in [0.1, 0.15) is 0 Å². The number of hydrogen-bond acceptors (Lipinski definition) is 4. The summed E-state index contributed by atoms with van der Waals surface area (Å²) in [4.78, 5) is 22.9. The van der Waals surface area contributed by atoms with Crippen molar-refractivity contribution in [3.63, 3.8) is 0 Å². The van der Waals surface area contributed by atoms with Gasteiger partial charge in [-0.15, -0.1) is 11.8 Å². The summed E-state index contributed by atoms with van der Waals surface area (Å²) in [6.45, 7) is 9.00. The Morgan fingerprint density at radius 2 is 1.78 bits per heavy atom. The van der Waals surface area contributed by atoms with Gasteiger partial charge in [-0.1, -0.05) is 20.8 Å². The van der Waals surface area contributed by atoms with E-state index in [0.717, 1.165) is 5.75 Å². The van der Waals surface area contributed by atoms with Crippen molar-refractivity contribution in [1.29, 1.82) is 0 Å². The Labute approximate surface area is 113 Å². The van der Waals surface area contributed by atoms with Gasteiger partial charge in [0, 0.05) is 13.1 Å². The van der Waals surface area contributed by atoms with Gasteiger partial charge < -0.3 is 15.4 Å². The molecule has 0 fully saturated rings. The van der Waals surface area contributed by atoms with Gasteiger partial charge in [0.25, 0.3) is 0 Å². The highest BCUT2D eigenvalue weighted by atomic mass is 32.2. The number of rotatable bonds is 8. The lowest BCUT2D eigenvalue weighted by molar-refractivity contribution is -0.121. The smallest absolute Gasteiger partial charge is 0.407 e. The van der Waals surface area contributed by atoms with Crippen molar-refractivity contribution in [3.05, 3.63) is 0 Å². The molecule has 0 aromatic carbocycles. The van der Waals surface area contributed by atoms with E-state index in [2.05, 4.69) is 10.6 Å². The number of ether oxygens (including phenoxy) is 1. The topological polar surface area (TPSA) is 67.4 Å². The Balaban J connectivity index is 3.84. The minimum absolute atomic E-state index is 0.0300. The van der Waals surface area contributed by atoms with E-state index in [1.54, 1.807) is 18.7 Å². The molecule has 18 heavy (non-hydrogen) atoms. The fourth-order valence-corrected chi connectivity index (χ4v) is 2.36. The van der Waals surface area contributed by atoms with E-state index in [1.165, 1.54) is 0 Å². The Morgan fingerprint density at radius 1 is 1.17 bits per heavy atom.